The van der Waals surface area contributed by atoms with E-state index in [0.717, 1.165) is 11.0 Å². The van der Waals surface area contributed by atoms with Gasteiger partial charge in [-0.05, 0) is 26.0 Å². The Morgan fingerprint density at radius 3 is 2.67 bits per heavy atom. The van der Waals surface area contributed by atoms with Crippen LogP contribution in [0.25, 0.3) is 11.0 Å². The van der Waals surface area contributed by atoms with Crippen LogP contribution in [0.1, 0.15) is 24.6 Å². The highest BCUT2D eigenvalue weighted by molar-refractivity contribution is 7.89. The van der Waals surface area contributed by atoms with E-state index in [-0.39, 0.29) is 5.03 Å². The number of fused-ring (bicyclic) bond motifs is 1. The number of aromatic amines is 2. The van der Waals surface area contributed by atoms with E-state index in [4.69, 9.17) is 0 Å². The number of aryl methyl sites for hydroxylation is 1. The molecule has 1 atom stereocenters. The van der Waals surface area contributed by atoms with E-state index in [9.17, 15) is 8.42 Å². The second-order valence-corrected chi connectivity index (χ2v) is 6.50. The summed E-state index contributed by atoms with van der Waals surface area (Å²) in [5.74, 6) is 1.11. The minimum Gasteiger partial charge on any atom is -0.341 e. The van der Waals surface area contributed by atoms with Crippen molar-refractivity contribution in [2.24, 2.45) is 0 Å². The van der Waals surface area contributed by atoms with Gasteiger partial charge in [0.1, 0.15) is 11.6 Å². The van der Waals surface area contributed by atoms with E-state index < -0.39 is 16.1 Å². The smallest absolute Gasteiger partial charge is 0.258 e. The molecule has 8 heteroatoms. The molecule has 2 aromatic heterocycles. The summed E-state index contributed by atoms with van der Waals surface area (Å²) in [5, 5.41) is 0.0444. The van der Waals surface area contributed by atoms with Crippen LogP contribution < -0.4 is 4.72 Å². The summed E-state index contributed by atoms with van der Waals surface area (Å²) in [7, 11) is -3.65. The van der Waals surface area contributed by atoms with Gasteiger partial charge >= 0.3 is 0 Å². The maximum atomic E-state index is 12.2. The van der Waals surface area contributed by atoms with Crippen molar-refractivity contribution in [3.63, 3.8) is 0 Å². The van der Waals surface area contributed by atoms with Gasteiger partial charge < -0.3 is 9.97 Å². The second kappa shape index (κ2) is 4.97. The van der Waals surface area contributed by atoms with Crippen molar-refractivity contribution in [2.75, 3.05) is 0 Å². The van der Waals surface area contributed by atoms with E-state index >= 15 is 0 Å². The zero-order valence-corrected chi connectivity index (χ0v) is 12.4. The van der Waals surface area contributed by atoms with Crippen molar-refractivity contribution in [3.8, 4) is 0 Å². The van der Waals surface area contributed by atoms with Crippen LogP contribution in [0.3, 0.4) is 0 Å². The van der Waals surface area contributed by atoms with E-state index in [2.05, 4.69) is 24.7 Å². The van der Waals surface area contributed by atoms with Gasteiger partial charge in [0.05, 0.1) is 23.3 Å². The maximum absolute atomic E-state index is 12.2. The molecule has 0 bridgehead atoms. The molecule has 110 valence electrons. The molecule has 0 fully saturated rings. The quantitative estimate of drug-likeness (QED) is 0.681. The Kier molecular flexibility index (Phi) is 3.26. The van der Waals surface area contributed by atoms with E-state index in [0.29, 0.717) is 11.6 Å². The standard InChI is InChI=1S/C13H15N5O2S/c1-8(13-16-10-5-3-4-6-11(10)17-13)18-21(19,20)12-7-14-9(2)15-12/h3-8,18H,1-2H3,(H,14,15)(H,16,17). The minimum atomic E-state index is -3.65. The van der Waals surface area contributed by atoms with E-state index in [1.807, 2.05) is 24.3 Å². The molecule has 3 aromatic rings. The number of benzene rings is 1. The minimum absolute atomic E-state index is 0.0444. The van der Waals surface area contributed by atoms with Crippen LogP contribution in [0.4, 0.5) is 0 Å². The fourth-order valence-electron chi connectivity index (χ4n) is 2.06. The van der Waals surface area contributed by atoms with Crippen LogP contribution >= 0.6 is 0 Å². The zero-order valence-electron chi connectivity index (χ0n) is 11.6. The number of H-pyrrole nitrogens is 2. The summed E-state index contributed by atoms with van der Waals surface area (Å²) < 4.78 is 27.0. The van der Waals surface area contributed by atoms with E-state index in [1.165, 1.54) is 6.20 Å². The molecule has 3 rings (SSSR count). The molecule has 0 saturated carbocycles. The highest BCUT2D eigenvalue weighted by Gasteiger charge is 2.22. The number of hydrogen-bond acceptors (Lipinski definition) is 4. The average molecular weight is 305 g/mol. The van der Waals surface area contributed by atoms with Crippen LogP contribution in [0, 0.1) is 6.92 Å². The molecule has 21 heavy (non-hydrogen) atoms. The zero-order chi connectivity index (χ0) is 15.0. The third-order valence-corrected chi connectivity index (χ3v) is 4.57. The van der Waals surface area contributed by atoms with Gasteiger partial charge in [0.15, 0.2) is 5.03 Å². The SMILES string of the molecule is Cc1ncc(S(=O)(=O)NC(C)c2nc3ccccc3[nH]2)[nH]1. The fraction of sp³-hybridized carbons (Fsp3) is 0.231. The first kappa shape index (κ1) is 13.8. The highest BCUT2D eigenvalue weighted by atomic mass is 32.2. The predicted octanol–water partition coefficient (Wildman–Crippen LogP) is 1.63. The van der Waals surface area contributed by atoms with Crippen molar-refractivity contribution in [3.05, 3.63) is 42.1 Å². The Morgan fingerprint density at radius 2 is 2.00 bits per heavy atom. The van der Waals surface area contributed by atoms with Gasteiger partial charge in [0.25, 0.3) is 10.0 Å². The number of imidazole rings is 2. The first-order valence-corrected chi connectivity index (χ1v) is 7.92. The Labute approximate surface area is 121 Å². The van der Waals surface area contributed by atoms with Crippen molar-refractivity contribution in [1.82, 2.24) is 24.7 Å². The number of sulfonamides is 1. The number of aromatic nitrogens is 4. The Hall–Kier alpha value is -2.19. The molecule has 0 aliphatic heterocycles. The van der Waals surface area contributed by atoms with Gasteiger partial charge in [-0.25, -0.2) is 18.4 Å². The van der Waals surface area contributed by atoms with Crippen LogP contribution in [0.15, 0.2) is 35.5 Å². The van der Waals surface area contributed by atoms with Crippen LogP contribution in [0.2, 0.25) is 0 Å². The molecule has 0 aliphatic carbocycles. The molecule has 1 aromatic carbocycles. The van der Waals surface area contributed by atoms with Crippen molar-refractivity contribution in [1.29, 1.82) is 0 Å². The number of rotatable bonds is 4. The lowest BCUT2D eigenvalue weighted by Crippen LogP contribution is -2.27. The molecule has 1 unspecified atom stereocenters. The summed E-state index contributed by atoms with van der Waals surface area (Å²) >= 11 is 0. The molecular formula is C13H15N5O2S. The third-order valence-electron chi connectivity index (χ3n) is 3.12. The van der Waals surface area contributed by atoms with Crippen molar-refractivity contribution >= 4 is 21.1 Å². The number of hydrogen-bond donors (Lipinski definition) is 3. The molecule has 0 radical (unpaired) electrons. The number of nitrogens with one attached hydrogen (secondary N) is 3. The van der Waals surface area contributed by atoms with Crippen LogP contribution in [-0.2, 0) is 10.0 Å². The summed E-state index contributed by atoms with van der Waals surface area (Å²) in [4.78, 5) is 14.1. The van der Waals surface area contributed by atoms with Gasteiger partial charge in [-0.2, -0.15) is 4.72 Å². The first-order valence-electron chi connectivity index (χ1n) is 6.44. The lowest BCUT2D eigenvalue weighted by molar-refractivity contribution is 0.558. The number of nitrogens with zero attached hydrogens (tertiary/aromatic N) is 2. The molecule has 3 N–H and O–H groups in total. The van der Waals surface area contributed by atoms with Gasteiger partial charge in [0, 0.05) is 0 Å². The first-order chi connectivity index (χ1) is 9.95. The summed E-state index contributed by atoms with van der Waals surface area (Å²) in [6, 6.07) is 7.06. The van der Waals surface area contributed by atoms with E-state index in [1.54, 1.807) is 13.8 Å². The van der Waals surface area contributed by atoms with Crippen LogP contribution in [-0.4, -0.2) is 28.4 Å². The van der Waals surface area contributed by atoms with Gasteiger partial charge in [0.2, 0.25) is 0 Å². The average Bonchev–Trinajstić information content (AvgIpc) is 3.04. The Balaban J connectivity index is 1.87. The third kappa shape index (κ3) is 2.67. The molecule has 0 aliphatic rings. The monoisotopic (exact) mass is 305 g/mol. The summed E-state index contributed by atoms with van der Waals surface area (Å²) in [6.07, 6.45) is 1.29. The molecule has 0 saturated heterocycles. The Morgan fingerprint density at radius 1 is 1.24 bits per heavy atom. The van der Waals surface area contributed by atoms with Crippen molar-refractivity contribution < 1.29 is 8.42 Å². The van der Waals surface area contributed by atoms with Gasteiger partial charge in [-0.1, -0.05) is 12.1 Å². The predicted molar refractivity (Wildman–Crippen MR) is 78.2 cm³/mol. The maximum Gasteiger partial charge on any atom is 0.258 e. The largest absolute Gasteiger partial charge is 0.341 e. The van der Waals surface area contributed by atoms with Gasteiger partial charge in [-0.15, -0.1) is 0 Å². The lowest BCUT2D eigenvalue weighted by Gasteiger charge is -2.10. The number of para-hydroxylation sites is 2. The molecule has 2 heterocycles. The van der Waals surface area contributed by atoms with Crippen LogP contribution in [0.5, 0.6) is 0 Å². The normalized spacial score (nSPS) is 13.6. The fourth-order valence-corrected chi connectivity index (χ4v) is 3.24. The Bertz CT molecular complexity index is 848. The molecule has 0 spiro atoms. The topological polar surface area (TPSA) is 104 Å². The summed E-state index contributed by atoms with van der Waals surface area (Å²) in [6.45, 7) is 3.43. The summed E-state index contributed by atoms with van der Waals surface area (Å²) in [5.41, 5.74) is 1.67. The molecule has 7 nitrogen and oxygen atoms in total. The van der Waals surface area contributed by atoms with Crippen molar-refractivity contribution in [2.45, 2.75) is 24.9 Å². The van der Waals surface area contributed by atoms with Gasteiger partial charge in [-0.3, -0.25) is 0 Å². The second-order valence-electron chi connectivity index (χ2n) is 4.82. The lowest BCUT2D eigenvalue weighted by atomic mass is 10.3. The molecule has 0 amide bonds. The highest BCUT2D eigenvalue weighted by Crippen LogP contribution is 2.17. The molecular weight excluding hydrogens is 290 g/mol.